The molecule has 0 heterocycles. The molecule has 1 unspecified atom stereocenters. The summed E-state index contributed by atoms with van der Waals surface area (Å²) in [5.41, 5.74) is 0. The van der Waals surface area contributed by atoms with Crippen molar-refractivity contribution in [1.29, 1.82) is 0 Å². The lowest BCUT2D eigenvalue weighted by Gasteiger charge is -2.17. The van der Waals surface area contributed by atoms with E-state index in [0.29, 0.717) is 33.0 Å². The van der Waals surface area contributed by atoms with E-state index in [0.717, 1.165) is 0 Å². The molecule has 24 heavy (non-hydrogen) atoms. The van der Waals surface area contributed by atoms with Gasteiger partial charge in [-0.1, -0.05) is 0 Å². The molecule has 0 saturated heterocycles. The van der Waals surface area contributed by atoms with Crippen molar-refractivity contribution >= 4 is 0 Å². The van der Waals surface area contributed by atoms with Gasteiger partial charge in [0.1, 0.15) is 31.8 Å². The molecule has 0 aliphatic carbocycles. The summed E-state index contributed by atoms with van der Waals surface area (Å²) in [5.74, 6) is 0. The lowest BCUT2D eigenvalue weighted by atomic mass is 10.4. The number of ether oxygens (including phenoxy) is 5. The van der Waals surface area contributed by atoms with Crippen LogP contribution in [0.4, 0.5) is 0 Å². The van der Waals surface area contributed by atoms with Gasteiger partial charge in [0.25, 0.3) is 0 Å². The van der Waals surface area contributed by atoms with E-state index >= 15 is 0 Å². The minimum Gasteiger partial charge on any atom is -0.501 e. The van der Waals surface area contributed by atoms with E-state index in [4.69, 9.17) is 28.9 Å². The second-order valence-electron chi connectivity index (χ2n) is 4.08. The molecule has 0 bridgehead atoms. The molecule has 0 aliphatic heterocycles. The van der Waals surface area contributed by atoms with Crippen LogP contribution in [0.25, 0.3) is 0 Å². The van der Waals surface area contributed by atoms with E-state index in [1.54, 1.807) is 0 Å². The average molecular weight is 352 g/mol. The molecule has 0 N–H and O–H groups in total. The first-order chi connectivity index (χ1) is 11.8. The fourth-order valence-electron chi connectivity index (χ4n) is 1.28. The smallest absolute Gasteiger partial charge is 0.163 e. The zero-order valence-corrected chi connectivity index (χ0v) is 14.5. The summed E-state index contributed by atoms with van der Waals surface area (Å²) in [5, 5.41) is 0. The van der Waals surface area contributed by atoms with Gasteiger partial charge in [-0.3, -0.25) is 0 Å². The summed E-state index contributed by atoms with van der Waals surface area (Å²) < 4.78 is 25.7. The van der Waals surface area contributed by atoms with Crippen molar-refractivity contribution < 1.29 is 43.2 Å². The zero-order valence-electron chi connectivity index (χ0n) is 14.5. The Morgan fingerprint density at radius 3 is 1.88 bits per heavy atom. The number of hydrogen-bond acceptors (Lipinski definition) is 9. The fraction of sp³-hybridized carbons (Fsp3) is 0.733. The second-order valence-corrected chi connectivity index (χ2v) is 4.08. The van der Waals surface area contributed by atoms with Gasteiger partial charge in [-0.2, -0.15) is 9.78 Å². The number of methoxy groups -OCH3 is 2. The molecule has 0 aromatic heterocycles. The van der Waals surface area contributed by atoms with Gasteiger partial charge in [0, 0.05) is 6.61 Å². The monoisotopic (exact) mass is 352 g/mol. The molecule has 0 spiro atoms. The molecule has 0 saturated carbocycles. The van der Waals surface area contributed by atoms with Gasteiger partial charge in [-0.25, -0.2) is 0 Å². The summed E-state index contributed by atoms with van der Waals surface area (Å²) in [6.07, 6.45) is 5.06. The van der Waals surface area contributed by atoms with Crippen LogP contribution in [0.1, 0.15) is 6.92 Å². The maximum absolute atomic E-state index is 5.60. The summed E-state index contributed by atoms with van der Waals surface area (Å²) >= 11 is 0. The topological polar surface area (TPSA) is 83.1 Å². The van der Waals surface area contributed by atoms with Crippen LogP contribution in [0, 0.1) is 0 Å². The van der Waals surface area contributed by atoms with Gasteiger partial charge < -0.3 is 33.5 Å². The number of hydrogen-bond donors (Lipinski definition) is 0. The van der Waals surface area contributed by atoms with Crippen molar-refractivity contribution in [1.82, 2.24) is 0 Å². The van der Waals surface area contributed by atoms with Crippen molar-refractivity contribution in [3.8, 4) is 0 Å². The van der Waals surface area contributed by atoms with Crippen LogP contribution in [-0.2, 0) is 43.2 Å². The van der Waals surface area contributed by atoms with E-state index in [1.807, 2.05) is 6.92 Å². The summed E-state index contributed by atoms with van der Waals surface area (Å²) in [4.78, 5) is 19.1. The first-order valence-corrected chi connectivity index (χ1v) is 7.54. The highest BCUT2D eigenvalue weighted by molar-refractivity contribution is 4.57. The normalized spacial score (nSPS) is 12.6. The van der Waals surface area contributed by atoms with Crippen molar-refractivity contribution in [2.75, 3.05) is 60.5 Å². The van der Waals surface area contributed by atoms with Crippen molar-refractivity contribution in [2.45, 2.75) is 13.0 Å². The second kappa shape index (κ2) is 19.5. The summed E-state index contributed by atoms with van der Waals surface area (Å²) in [6.45, 7) is 4.53. The zero-order chi connectivity index (χ0) is 17.7. The lowest BCUT2D eigenvalue weighted by molar-refractivity contribution is -0.261. The van der Waals surface area contributed by atoms with E-state index in [-0.39, 0.29) is 19.3 Å². The van der Waals surface area contributed by atoms with E-state index in [1.165, 1.54) is 39.3 Å². The highest BCUT2D eigenvalue weighted by atomic mass is 17.2. The Morgan fingerprint density at radius 2 is 1.29 bits per heavy atom. The SMILES string of the molecule is CCOCC(COCCOO/C=C/OC)OCCOO/C=C/OC. The average Bonchev–Trinajstić information content (AvgIpc) is 2.60. The van der Waals surface area contributed by atoms with Gasteiger partial charge in [0.2, 0.25) is 0 Å². The van der Waals surface area contributed by atoms with Gasteiger partial charge in [0.15, 0.2) is 12.5 Å². The third-order valence-electron chi connectivity index (χ3n) is 2.27. The van der Waals surface area contributed by atoms with E-state index in [2.05, 4.69) is 14.4 Å². The largest absolute Gasteiger partial charge is 0.501 e. The molecule has 0 radical (unpaired) electrons. The molecular weight excluding hydrogens is 324 g/mol. The fourth-order valence-corrected chi connectivity index (χ4v) is 1.28. The molecule has 9 nitrogen and oxygen atoms in total. The van der Waals surface area contributed by atoms with Crippen molar-refractivity contribution in [3.63, 3.8) is 0 Å². The maximum Gasteiger partial charge on any atom is 0.163 e. The van der Waals surface area contributed by atoms with Gasteiger partial charge in [0.05, 0.1) is 40.6 Å². The summed E-state index contributed by atoms with van der Waals surface area (Å²) in [6, 6.07) is 0. The molecule has 0 amide bonds. The molecule has 9 heteroatoms. The Hall–Kier alpha value is -1.52. The Bertz CT molecular complexity index is 297. The van der Waals surface area contributed by atoms with Crippen molar-refractivity contribution in [3.05, 3.63) is 25.0 Å². The van der Waals surface area contributed by atoms with Crippen LogP contribution < -0.4 is 0 Å². The highest BCUT2D eigenvalue weighted by Crippen LogP contribution is 1.97. The molecule has 142 valence electrons. The van der Waals surface area contributed by atoms with E-state index < -0.39 is 0 Å². The third kappa shape index (κ3) is 16.8. The van der Waals surface area contributed by atoms with Crippen LogP contribution >= 0.6 is 0 Å². The standard InChI is InChI=1S/C15H28O9/c1-4-18-13-15(20-8-12-24-22-10-6-17-3)14-19-7-11-23-21-9-5-16-2/h5-6,9-10,15H,4,7-8,11-14H2,1-3H3/b9-5+,10-6+. The Morgan fingerprint density at radius 1 is 0.708 bits per heavy atom. The maximum atomic E-state index is 5.60. The molecule has 0 aliphatic rings. The molecular formula is C15H28O9. The predicted molar refractivity (Wildman–Crippen MR) is 83.4 cm³/mol. The first kappa shape index (κ1) is 22.5. The quantitative estimate of drug-likeness (QED) is 0.158. The molecule has 0 fully saturated rings. The molecule has 0 rings (SSSR count). The third-order valence-corrected chi connectivity index (χ3v) is 2.27. The summed E-state index contributed by atoms with van der Waals surface area (Å²) in [7, 11) is 3.02. The van der Waals surface area contributed by atoms with Gasteiger partial charge in [-0.05, 0) is 6.92 Å². The number of rotatable bonds is 18. The highest BCUT2D eigenvalue weighted by Gasteiger charge is 2.10. The van der Waals surface area contributed by atoms with Crippen LogP contribution in [-0.4, -0.2) is 66.6 Å². The van der Waals surface area contributed by atoms with Gasteiger partial charge in [-0.15, -0.1) is 0 Å². The molecule has 0 aromatic rings. The first-order valence-electron chi connectivity index (χ1n) is 7.54. The van der Waals surface area contributed by atoms with Crippen LogP contribution in [0.3, 0.4) is 0 Å². The molecule has 0 aromatic carbocycles. The van der Waals surface area contributed by atoms with E-state index in [9.17, 15) is 0 Å². The minimum absolute atomic E-state index is 0.211. The van der Waals surface area contributed by atoms with Crippen molar-refractivity contribution in [2.24, 2.45) is 0 Å². The Balaban J connectivity index is 3.65. The van der Waals surface area contributed by atoms with Crippen LogP contribution in [0.2, 0.25) is 0 Å². The Labute approximate surface area is 142 Å². The van der Waals surface area contributed by atoms with Crippen LogP contribution in [0.5, 0.6) is 0 Å². The van der Waals surface area contributed by atoms with Crippen LogP contribution in [0.15, 0.2) is 25.0 Å². The predicted octanol–water partition coefficient (Wildman–Crippen LogP) is 1.56. The molecule has 1 atom stereocenters. The lowest BCUT2D eigenvalue weighted by Crippen LogP contribution is -2.28. The van der Waals surface area contributed by atoms with Gasteiger partial charge >= 0.3 is 0 Å². The Kier molecular flexibility index (Phi) is 18.3. The minimum atomic E-state index is -0.211.